The lowest BCUT2D eigenvalue weighted by Gasteiger charge is -1.99. The Morgan fingerprint density at radius 3 is 2.82 bits per heavy atom. The molecule has 1 aromatic carbocycles. The third-order valence-corrected chi connectivity index (χ3v) is 1.33. The predicted octanol–water partition coefficient (Wildman–Crippen LogP) is 1.58. The molecule has 0 heterocycles. The normalized spacial score (nSPS) is 9.18. The molecule has 0 bridgehead atoms. The quantitative estimate of drug-likeness (QED) is 0.689. The van der Waals surface area contributed by atoms with E-state index in [0.717, 1.165) is 0 Å². The second kappa shape index (κ2) is 3.25. The van der Waals surface area contributed by atoms with Crippen LogP contribution in [0.1, 0.15) is 0 Å². The zero-order valence-corrected chi connectivity index (χ0v) is 6.21. The van der Waals surface area contributed by atoms with E-state index >= 15 is 0 Å². The first-order valence-electron chi connectivity index (χ1n) is 2.83. The van der Waals surface area contributed by atoms with Gasteiger partial charge in [-0.3, -0.25) is 4.79 Å². The summed E-state index contributed by atoms with van der Waals surface area (Å²) in [6.45, 7) is 0.239. The van der Waals surface area contributed by atoms with Gasteiger partial charge in [0.2, 0.25) is 0 Å². The molecule has 0 amide bonds. The van der Waals surface area contributed by atoms with E-state index in [4.69, 9.17) is 16.7 Å². The number of hydrogen-bond acceptors (Lipinski definition) is 3. The Bertz CT molecular complexity index is 272. The van der Waals surface area contributed by atoms with Gasteiger partial charge in [0.15, 0.2) is 11.5 Å². The molecule has 0 aliphatic carbocycles. The van der Waals surface area contributed by atoms with Gasteiger partial charge >= 0.3 is 0 Å². The maximum atomic E-state index is 9.85. The highest BCUT2D eigenvalue weighted by molar-refractivity contribution is 6.30. The number of phenols is 1. The lowest BCUT2D eigenvalue weighted by Crippen LogP contribution is -1.87. The molecule has 0 aliphatic rings. The van der Waals surface area contributed by atoms with Crippen LogP contribution in [0, 0.1) is 0 Å². The summed E-state index contributed by atoms with van der Waals surface area (Å²) in [5.41, 5.74) is 0. The lowest BCUT2D eigenvalue weighted by atomic mass is 10.3. The van der Waals surface area contributed by atoms with Gasteiger partial charge in [0.05, 0.1) is 0 Å². The minimum atomic E-state index is -0.149. The van der Waals surface area contributed by atoms with Gasteiger partial charge < -0.3 is 9.84 Å². The molecule has 0 aromatic heterocycles. The van der Waals surface area contributed by atoms with Gasteiger partial charge in [0.25, 0.3) is 6.47 Å². The van der Waals surface area contributed by atoms with E-state index in [2.05, 4.69) is 4.74 Å². The smallest absolute Gasteiger partial charge is 0.298 e. The molecule has 0 radical (unpaired) electrons. The standard InChI is InChI=1S/C7H5ClO3/c8-5-1-2-7(11-4-9)6(10)3-5/h1-4,10H. The van der Waals surface area contributed by atoms with Gasteiger partial charge in [-0.25, -0.2) is 0 Å². The summed E-state index contributed by atoms with van der Waals surface area (Å²) in [6.07, 6.45) is 0. The summed E-state index contributed by atoms with van der Waals surface area (Å²) in [5.74, 6) is -0.0472. The highest BCUT2D eigenvalue weighted by atomic mass is 35.5. The second-order valence-electron chi connectivity index (χ2n) is 1.83. The predicted molar refractivity (Wildman–Crippen MR) is 39.8 cm³/mol. The first-order chi connectivity index (χ1) is 5.24. The number of benzene rings is 1. The Morgan fingerprint density at radius 2 is 2.27 bits per heavy atom. The molecule has 1 N–H and O–H groups in total. The van der Waals surface area contributed by atoms with E-state index in [9.17, 15) is 4.79 Å². The average Bonchev–Trinajstić information content (AvgIpc) is 1.95. The molecular weight excluding hydrogens is 168 g/mol. The summed E-state index contributed by atoms with van der Waals surface area (Å²) in [7, 11) is 0. The number of hydrogen-bond donors (Lipinski definition) is 1. The number of carbonyl (C=O) groups is 1. The van der Waals surface area contributed by atoms with Gasteiger partial charge in [0, 0.05) is 11.1 Å². The van der Waals surface area contributed by atoms with Crippen LogP contribution in [0.4, 0.5) is 0 Å². The van der Waals surface area contributed by atoms with Gasteiger partial charge in [-0.05, 0) is 12.1 Å². The van der Waals surface area contributed by atoms with Crippen LogP contribution in [0.5, 0.6) is 11.5 Å². The van der Waals surface area contributed by atoms with Crippen molar-refractivity contribution in [3.63, 3.8) is 0 Å². The first kappa shape index (κ1) is 7.88. The second-order valence-corrected chi connectivity index (χ2v) is 2.26. The first-order valence-corrected chi connectivity index (χ1v) is 3.20. The summed E-state index contributed by atoms with van der Waals surface area (Å²) in [4.78, 5) is 9.85. The van der Waals surface area contributed by atoms with E-state index in [1.54, 1.807) is 0 Å². The van der Waals surface area contributed by atoms with Gasteiger partial charge in [-0.15, -0.1) is 0 Å². The summed E-state index contributed by atoms with van der Waals surface area (Å²) < 4.78 is 4.40. The number of ether oxygens (including phenoxy) is 1. The Morgan fingerprint density at radius 1 is 1.55 bits per heavy atom. The largest absolute Gasteiger partial charge is 0.504 e. The van der Waals surface area contributed by atoms with E-state index in [-0.39, 0.29) is 18.0 Å². The molecule has 0 unspecified atom stereocenters. The van der Waals surface area contributed by atoms with Crippen LogP contribution < -0.4 is 4.74 Å². The van der Waals surface area contributed by atoms with E-state index in [1.165, 1.54) is 18.2 Å². The van der Waals surface area contributed by atoms with Crippen molar-refractivity contribution in [1.82, 2.24) is 0 Å². The van der Waals surface area contributed by atoms with Crippen LogP contribution in [0.2, 0.25) is 5.02 Å². The summed E-state index contributed by atoms with van der Waals surface area (Å²) in [6, 6.07) is 4.21. The van der Waals surface area contributed by atoms with Crippen LogP contribution in [0.25, 0.3) is 0 Å². The van der Waals surface area contributed by atoms with Crippen molar-refractivity contribution >= 4 is 18.1 Å². The number of phenolic OH excluding ortho intramolecular Hbond substituents is 1. The van der Waals surface area contributed by atoms with E-state index in [1.807, 2.05) is 0 Å². The fourth-order valence-corrected chi connectivity index (χ4v) is 0.808. The monoisotopic (exact) mass is 172 g/mol. The Hall–Kier alpha value is -1.22. The van der Waals surface area contributed by atoms with Crippen molar-refractivity contribution in [1.29, 1.82) is 0 Å². The van der Waals surface area contributed by atoms with Crippen LogP contribution in [0.3, 0.4) is 0 Å². The fourth-order valence-electron chi connectivity index (χ4n) is 0.642. The van der Waals surface area contributed by atoms with E-state index < -0.39 is 0 Å². The highest BCUT2D eigenvalue weighted by Gasteiger charge is 2.00. The molecular formula is C7H5ClO3. The van der Waals surface area contributed by atoms with Crippen LogP contribution >= 0.6 is 11.6 Å². The zero-order valence-electron chi connectivity index (χ0n) is 5.45. The molecule has 0 atom stereocenters. The maximum Gasteiger partial charge on any atom is 0.298 e. The Labute approximate surface area is 68.2 Å². The zero-order chi connectivity index (χ0) is 8.27. The fraction of sp³-hybridized carbons (Fsp3) is 0. The van der Waals surface area contributed by atoms with Gasteiger partial charge in [-0.2, -0.15) is 0 Å². The summed E-state index contributed by atoms with van der Waals surface area (Å²) in [5, 5.41) is 9.44. The van der Waals surface area contributed by atoms with Crippen molar-refractivity contribution in [2.75, 3.05) is 0 Å². The molecule has 4 heteroatoms. The molecule has 58 valence electrons. The van der Waals surface area contributed by atoms with Crippen LogP contribution in [-0.4, -0.2) is 11.6 Å². The SMILES string of the molecule is O=COc1ccc(Cl)cc1O. The maximum absolute atomic E-state index is 9.85. The van der Waals surface area contributed by atoms with E-state index in [0.29, 0.717) is 5.02 Å². The lowest BCUT2D eigenvalue weighted by molar-refractivity contribution is -0.120. The molecule has 11 heavy (non-hydrogen) atoms. The molecule has 1 aromatic rings. The number of aromatic hydroxyl groups is 1. The van der Waals surface area contributed by atoms with Crippen molar-refractivity contribution in [2.45, 2.75) is 0 Å². The molecule has 0 aliphatic heterocycles. The molecule has 0 saturated heterocycles. The van der Waals surface area contributed by atoms with Crippen LogP contribution in [-0.2, 0) is 4.79 Å². The Balaban J connectivity index is 2.98. The highest BCUT2D eigenvalue weighted by Crippen LogP contribution is 2.28. The number of rotatable bonds is 2. The van der Waals surface area contributed by atoms with Gasteiger partial charge in [0.1, 0.15) is 0 Å². The van der Waals surface area contributed by atoms with Crippen molar-refractivity contribution in [3.8, 4) is 11.5 Å². The molecule has 0 saturated carbocycles. The molecule has 0 spiro atoms. The van der Waals surface area contributed by atoms with Crippen molar-refractivity contribution < 1.29 is 14.6 Å². The third-order valence-electron chi connectivity index (χ3n) is 1.10. The average molecular weight is 173 g/mol. The number of carbonyl (C=O) groups excluding carboxylic acids is 1. The number of halogens is 1. The van der Waals surface area contributed by atoms with Crippen LogP contribution in [0.15, 0.2) is 18.2 Å². The topological polar surface area (TPSA) is 46.5 Å². The summed E-state index contributed by atoms with van der Waals surface area (Å²) >= 11 is 5.51. The minimum Gasteiger partial charge on any atom is -0.504 e. The van der Waals surface area contributed by atoms with Crippen molar-refractivity contribution in [2.24, 2.45) is 0 Å². The van der Waals surface area contributed by atoms with Gasteiger partial charge in [-0.1, -0.05) is 11.6 Å². The third kappa shape index (κ3) is 1.85. The minimum absolute atomic E-state index is 0.101. The molecule has 3 nitrogen and oxygen atoms in total. The molecule has 1 rings (SSSR count). The van der Waals surface area contributed by atoms with Crippen molar-refractivity contribution in [3.05, 3.63) is 23.2 Å². The Kier molecular flexibility index (Phi) is 2.33. The molecule has 0 fully saturated rings.